The molecule has 1 unspecified atom stereocenters. The second kappa shape index (κ2) is 6.24. The van der Waals surface area contributed by atoms with Gasteiger partial charge in [-0.15, -0.1) is 11.8 Å². The van der Waals surface area contributed by atoms with Crippen molar-refractivity contribution in [2.24, 2.45) is 0 Å². The van der Waals surface area contributed by atoms with Gasteiger partial charge in [0.1, 0.15) is 0 Å². The average Bonchev–Trinajstić information content (AvgIpc) is 2.89. The molecule has 1 nitrogen and oxygen atoms in total. The molecule has 0 amide bonds. The summed E-state index contributed by atoms with van der Waals surface area (Å²) in [4.78, 5) is 3.94. The Bertz CT molecular complexity index is 745. The lowest BCUT2D eigenvalue weighted by atomic mass is 9.79. The zero-order chi connectivity index (χ0) is 16.7. The molecule has 0 bridgehead atoms. The Morgan fingerprint density at radius 1 is 1.12 bits per heavy atom. The number of hydrogen-bond acceptors (Lipinski definition) is 2. The first-order chi connectivity index (χ1) is 11.6. The van der Waals surface area contributed by atoms with Crippen molar-refractivity contribution in [1.29, 1.82) is 0 Å². The summed E-state index contributed by atoms with van der Waals surface area (Å²) in [6.45, 7) is 7.07. The van der Waals surface area contributed by atoms with Gasteiger partial charge in [-0.1, -0.05) is 35.9 Å². The summed E-state index contributed by atoms with van der Waals surface area (Å²) in [7, 11) is 2.25. The number of rotatable bonds is 1. The lowest BCUT2D eigenvalue weighted by molar-refractivity contribution is 0.312. The molecule has 4 rings (SSSR count). The van der Waals surface area contributed by atoms with E-state index in [9.17, 15) is 0 Å². The molecule has 1 aromatic rings. The smallest absolute Gasteiger partial charge is 0.0645 e. The van der Waals surface area contributed by atoms with Crippen LogP contribution in [0.1, 0.15) is 43.7 Å². The Balaban J connectivity index is 1.86. The van der Waals surface area contributed by atoms with Gasteiger partial charge in [-0.3, -0.25) is 0 Å². The number of benzene rings is 1. The number of piperidine rings is 1. The van der Waals surface area contributed by atoms with Crippen molar-refractivity contribution >= 4 is 17.3 Å². The van der Waals surface area contributed by atoms with Crippen molar-refractivity contribution in [2.75, 3.05) is 20.1 Å². The third-order valence-electron chi connectivity index (χ3n) is 5.77. The van der Waals surface area contributed by atoms with Crippen LogP contribution < -0.4 is 0 Å². The summed E-state index contributed by atoms with van der Waals surface area (Å²) in [5, 5.41) is 0. The molecule has 2 heterocycles. The summed E-state index contributed by atoms with van der Waals surface area (Å²) < 4.78 is 0.117. The largest absolute Gasteiger partial charge is 0.306 e. The highest BCUT2D eigenvalue weighted by Crippen LogP contribution is 2.59. The molecule has 2 aliphatic heterocycles. The highest BCUT2D eigenvalue weighted by atomic mass is 32.2. The molecular weight excluding hydrogens is 310 g/mol. The van der Waals surface area contributed by atoms with Crippen molar-refractivity contribution in [3.8, 4) is 0 Å². The van der Waals surface area contributed by atoms with E-state index in [1.165, 1.54) is 54.8 Å². The molecule has 0 aromatic heterocycles. The van der Waals surface area contributed by atoms with Gasteiger partial charge in [0, 0.05) is 18.0 Å². The molecule has 0 saturated carbocycles. The van der Waals surface area contributed by atoms with Gasteiger partial charge in [0.15, 0.2) is 0 Å². The highest BCUT2D eigenvalue weighted by Gasteiger charge is 2.43. The summed E-state index contributed by atoms with van der Waals surface area (Å²) >= 11 is 2.09. The molecule has 2 heteroatoms. The van der Waals surface area contributed by atoms with Gasteiger partial charge in [0.25, 0.3) is 0 Å². The molecule has 3 aliphatic rings. The maximum Gasteiger partial charge on any atom is 0.0645 e. The fraction of sp³-hybridized carbons (Fsp3) is 0.455. The zero-order valence-corrected chi connectivity index (χ0v) is 15.9. The summed E-state index contributed by atoms with van der Waals surface area (Å²) in [6.07, 6.45) is 11.8. The molecular formula is C22H27NS. The Kier molecular flexibility index (Phi) is 4.22. The predicted octanol–water partition coefficient (Wildman–Crippen LogP) is 5.62. The van der Waals surface area contributed by atoms with E-state index in [1.54, 1.807) is 16.7 Å². The molecule has 0 N–H and O–H groups in total. The van der Waals surface area contributed by atoms with E-state index in [-0.39, 0.29) is 4.75 Å². The number of likely N-dealkylation sites (tertiary alicyclic amines) is 1. The molecule has 0 radical (unpaired) electrons. The van der Waals surface area contributed by atoms with Gasteiger partial charge < -0.3 is 4.90 Å². The third-order valence-corrected chi connectivity index (χ3v) is 7.20. The lowest BCUT2D eigenvalue weighted by Crippen LogP contribution is -2.30. The minimum atomic E-state index is 0.117. The first-order valence-corrected chi connectivity index (χ1v) is 9.97. The molecule has 0 spiro atoms. The fourth-order valence-electron chi connectivity index (χ4n) is 4.34. The maximum absolute atomic E-state index is 2.47. The van der Waals surface area contributed by atoms with Crippen molar-refractivity contribution < 1.29 is 0 Å². The van der Waals surface area contributed by atoms with E-state index in [4.69, 9.17) is 0 Å². The van der Waals surface area contributed by atoms with Gasteiger partial charge in [0.05, 0.1) is 4.75 Å². The Labute approximate surface area is 150 Å². The van der Waals surface area contributed by atoms with Crippen molar-refractivity contribution in [2.45, 2.75) is 49.2 Å². The van der Waals surface area contributed by atoms with Crippen LogP contribution in [0.5, 0.6) is 0 Å². The summed E-state index contributed by atoms with van der Waals surface area (Å²) in [5.74, 6) is 0. The third kappa shape index (κ3) is 2.70. The van der Waals surface area contributed by atoms with E-state index in [1.807, 2.05) is 0 Å². The van der Waals surface area contributed by atoms with Gasteiger partial charge in [-0.25, -0.2) is 0 Å². The first-order valence-electron chi connectivity index (χ1n) is 9.15. The highest BCUT2D eigenvalue weighted by molar-refractivity contribution is 8.01. The van der Waals surface area contributed by atoms with Gasteiger partial charge in [-0.2, -0.15) is 0 Å². The molecule has 1 aliphatic carbocycles. The van der Waals surface area contributed by atoms with E-state index < -0.39 is 0 Å². The number of nitrogens with zero attached hydrogens (tertiary/aromatic N) is 1. The first kappa shape index (κ1) is 16.2. The van der Waals surface area contributed by atoms with E-state index >= 15 is 0 Å². The van der Waals surface area contributed by atoms with Crippen LogP contribution in [0.4, 0.5) is 0 Å². The van der Waals surface area contributed by atoms with Gasteiger partial charge in [0.2, 0.25) is 0 Å². The van der Waals surface area contributed by atoms with Crippen LogP contribution in [0.2, 0.25) is 0 Å². The van der Waals surface area contributed by atoms with E-state index in [0.29, 0.717) is 0 Å². The van der Waals surface area contributed by atoms with Crippen molar-refractivity contribution in [3.05, 3.63) is 58.7 Å². The number of allylic oxidation sites excluding steroid dienone is 3. The van der Waals surface area contributed by atoms with Crippen LogP contribution in [0.25, 0.3) is 5.57 Å². The minimum Gasteiger partial charge on any atom is -0.306 e. The monoisotopic (exact) mass is 337 g/mol. The normalized spacial score (nSPS) is 27.4. The Morgan fingerprint density at radius 2 is 1.92 bits per heavy atom. The fourth-order valence-corrected chi connectivity index (χ4v) is 5.96. The average molecular weight is 338 g/mol. The quantitative estimate of drug-likeness (QED) is 0.655. The molecule has 1 saturated heterocycles. The Hall–Kier alpha value is -1.25. The van der Waals surface area contributed by atoms with Crippen molar-refractivity contribution in [1.82, 2.24) is 4.90 Å². The molecule has 24 heavy (non-hydrogen) atoms. The number of thioether (sulfide) groups is 1. The second-order valence-corrected chi connectivity index (χ2v) is 9.04. The molecule has 1 aromatic carbocycles. The van der Waals surface area contributed by atoms with Crippen LogP contribution in [-0.2, 0) is 0 Å². The summed E-state index contributed by atoms with van der Waals surface area (Å²) in [5.41, 5.74) is 7.81. The topological polar surface area (TPSA) is 3.24 Å². The van der Waals surface area contributed by atoms with Crippen LogP contribution in [-0.4, -0.2) is 29.8 Å². The number of hydrogen-bond donors (Lipinski definition) is 0. The lowest BCUT2D eigenvalue weighted by Gasteiger charge is -2.34. The van der Waals surface area contributed by atoms with Crippen molar-refractivity contribution in [3.63, 3.8) is 0 Å². The second-order valence-electron chi connectivity index (χ2n) is 7.58. The standard InChI is InChI=1S/C22H27NS/c1-16-9-10-19-20(15-16)24-22(2,18-7-5-4-6-8-18)21(19)17-11-13-23(3)14-12-17/h4-5,7,9-10,15H,6,8,11-14H2,1-3H3. The minimum absolute atomic E-state index is 0.117. The maximum atomic E-state index is 2.47. The molecule has 1 atom stereocenters. The van der Waals surface area contributed by atoms with E-state index in [2.05, 4.69) is 74.0 Å². The summed E-state index contributed by atoms with van der Waals surface area (Å²) in [6, 6.07) is 7.05. The van der Waals surface area contributed by atoms with Crippen LogP contribution in [0, 0.1) is 6.92 Å². The SMILES string of the molecule is Cc1ccc2c(c1)SC(C)(C1=CC=CCC1)C2=C1CCN(C)CC1. The van der Waals surface area contributed by atoms with Gasteiger partial charge >= 0.3 is 0 Å². The van der Waals surface area contributed by atoms with Crippen LogP contribution >= 0.6 is 11.8 Å². The Morgan fingerprint density at radius 3 is 2.62 bits per heavy atom. The number of aryl methyl sites for hydroxylation is 1. The number of fused-ring (bicyclic) bond motifs is 1. The predicted molar refractivity (Wildman–Crippen MR) is 106 cm³/mol. The molecule has 126 valence electrons. The van der Waals surface area contributed by atoms with Crippen LogP contribution in [0.3, 0.4) is 0 Å². The van der Waals surface area contributed by atoms with E-state index in [0.717, 1.165) is 0 Å². The van der Waals surface area contributed by atoms with Gasteiger partial charge in [-0.05, 0) is 74.9 Å². The molecule has 1 fully saturated rings. The zero-order valence-electron chi connectivity index (χ0n) is 15.1. The van der Waals surface area contributed by atoms with Crippen LogP contribution in [0.15, 0.2) is 52.5 Å².